The molecule has 0 aliphatic carbocycles. The quantitative estimate of drug-likeness (QED) is 0.473. The van der Waals surface area contributed by atoms with E-state index in [9.17, 15) is 9.59 Å². The molecule has 2 amide bonds. The van der Waals surface area contributed by atoms with Gasteiger partial charge in [0.05, 0.1) is 18.6 Å². The molecule has 1 aromatic heterocycles. The van der Waals surface area contributed by atoms with E-state index in [1.54, 1.807) is 7.11 Å². The number of H-pyrrole nitrogens is 1. The number of ether oxygens (including phenoxy) is 1. The van der Waals surface area contributed by atoms with Gasteiger partial charge < -0.3 is 19.5 Å². The molecule has 1 N–H and O–H groups in total. The van der Waals surface area contributed by atoms with Crippen LogP contribution in [0.1, 0.15) is 91.7 Å². The van der Waals surface area contributed by atoms with Crippen LogP contribution in [-0.2, 0) is 16.0 Å². The number of likely N-dealkylation sites (tertiary alicyclic amines) is 1. The fourth-order valence-electron chi connectivity index (χ4n) is 5.56. The van der Waals surface area contributed by atoms with Gasteiger partial charge in [-0.15, -0.1) is 0 Å². The number of rotatable bonds is 8. The Balaban J connectivity index is 0.00000176. The molecular formula is C30H43N3O3. The smallest absolute Gasteiger partial charge is 0.254 e. The summed E-state index contributed by atoms with van der Waals surface area (Å²) in [6.45, 7) is 11.9. The van der Waals surface area contributed by atoms with Crippen molar-refractivity contribution in [3.05, 3.63) is 70.6 Å². The second-order valence-corrected chi connectivity index (χ2v) is 9.46. The monoisotopic (exact) mass is 493 g/mol. The Labute approximate surface area is 216 Å². The molecule has 3 atom stereocenters. The fourth-order valence-corrected chi connectivity index (χ4v) is 5.56. The van der Waals surface area contributed by atoms with Gasteiger partial charge in [-0.3, -0.25) is 9.59 Å². The topological polar surface area (TPSA) is 65.6 Å². The number of nitrogens with one attached hydrogen (secondary N) is 1. The van der Waals surface area contributed by atoms with E-state index in [4.69, 9.17) is 4.74 Å². The van der Waals surface area contributed by atoms with Crippen LogP contribution in [0.2, 0.25) is 0 Å². The summed E-state index contributed by atoms with van der Waals surface area (Å²) in [5, 5.41) is 0. The second kappa shape index (κ2) is 12.9. The Morgan fingerprint density at radius 1 is 1.19 bits per heavy atom. The number of aryl methyl sites for hydroxylation is 1. The molecule has 4 rings (SSSR count). The van der Waals surface area contributed by atoms with Crippen molar-refractivity contribution in [1.29, 1.82) is 0 Å². The molecule has 2 aromatic rings. The molecule has 196 valence electrons. The van der Waals surface area contributed by atoms with Crippen LogP contribution >= 0.6 is 0 Å². The van der Waals surface area contributed by atoms with Gasteiger partial charge >= 0.3 is 0 Å². The number of allylic oxidation sites excluding steroid dienone is 2. The van der Waals surface area contributed by atoms with E-state index in [1.807, 2.05) is 54.1 Å². The van der Waals surface area contributed by atoms with E-state index < -0.39 is 5.92 Å². The number of aromatic amines is 1. The van der Waals surface area contributed by atoms with Gasteiger partial charge in [-0.25, -0.2) is 0 Å². The molecule has 0 bridgehead atoms. The molecular weight excluding hydrogens is 450 g/mol. The summed E-state index contributed by atoms with van der Waals surface area (Å²) in [5.41, 5.74) is 4.73. The summed E-state index contributed by atoms with van der Waals surface area (Å²) >= 11 is 0. The lowest BCUT2D eigenvalue weighted by Crippen LogP contribution is -2.50. The lowest BCUT2D eigenvalue weighted by Gasteiger charge is -2.43. The first kappa shape index (κ1) is 27.7. The van der Waals surface area contributed by atoms with Crippen molar-refractivity contribution in [2.24, 2.45) is 0 Å². The zero-order valence-corrected chi connectivity index (χ0v) is 22.8. The van der Waals surface area contributed by atoms with Crippen LogP contribution in [0.4, 0.5) is 0 Å². The molecule has 1 fully saturated rings. The Bertz CT molecular complexity index is 1060. The molecule has 3 heterocycles. The zero-order chi connectivity index (χ0) is 26.2. The second-order valence-electron chi connectivity index (χ2n) is 9.46. The number of fused-ring (bicyclic) bond motifs is 1. The number of amides is 2. The summed E-state index contributed by atoms with van der Waals surface area (Å²) in [6.07, 6.45) is 10.1. The predicted molar refractivity (Wildman–Crippen MR) is 145 cm³/mol. The number of hydrogen-bond acceptors (Lipinski definition) is 3. The molecule has 0 spiro atoms. The first-order valence-corrected chi connectivity index (χ1v) is 13.5. The third kappa shape index (κ3) is 5.44. The van der Waals surface area contributed by atoms with Gasteiger partial charge in [0, 0.05) is 43.7 Å². The summed E-state index contributed by atoms with van der Waals surface area (Å²) < 4.78 is 5.38. The minimum atomic E-state index is -0.449. The maximum Gasteiger partial charge on any atom is 0.254 e. The number of aromatic nitrogens is 1. The van der Waals surface area contributed by atoms with Crippen molar-refractivity contribution < 1.29 is 14.3 Å². The van der Waals surface area contributed by atoms with Crippen molar-refractivity contribution >= 4 is 11.8 Å². The third-order valence-electron chi connectivity index (χ3n) is 7.37. The minimum absolute atomic E-state index is 0.0370. The molecule has 3 unspecified atom stereocenters. The summed E-state index contributed by atoms with van der Waals surface area (Å²) in [6, 6.07) is 7.47. The van der Waals surface area contributed by atoms with Crippen LogP contribution in [0.5, 0.6) is 0 Å². The number of nitrogens with zero attached hydrogens (tertiary/aromatic N) is 2. The normalized spacial score (nSPS) is 21.5. The van der Waals surface area contributed by atoms with Crippen molar-refractivity contribution in [3.63, 3.8) is 0 Å². The van der Waals surface area contributed by atoms with Gasteiger partial charge in [0.25, 0.3) is 5.91 Å². The third-order valence-corrected chi connectivity index (χ3v) is 7.37. The van der Waals surface area contributed by atoms with Crippen molar-refractivity contribution in [3.8, 4) is 0 Å². The van der Waals surface area contributed by atoms with Gasteiger partial charge in [0.1, 0.15) is 0 Å². The fraction of sp³-hybridized carbons (Fsp3) is 0.533. The molecule has 1 aromatic carbocycles. The Kier molecular flexibility index (Phi) is 9.94. The van der Waals surface area contributed by atoms with Crippen molar-refractivity contribution in [2.75, 3.05) is 26.8 Å². The lowest BCUT2D eigenvalue weighted by atomic mass is 9.78. The standard InChI is InChI=1S/C28H37N3O3.C2H6/c1-5-6-7-12-21-20(3)29-18-24(21)26-25(28(33)30-15-10-11-19(30)2)22-13-8-9-14-23(22)27(32)31(26)16-17-34-4;1-2/h6-9,13-14,18-19,25-26,29H,5,10-12,15-17H2,1-4H3;1-2H3/b7-6-;. The van der Waals surface area contributed by atoms with E-state index in [-0.39, 0.29) is 23.9 Å². The van der Waals surface area contributed by atoms with E-state index in [0.29, 0.717) is 18.7 Å². The van der Waals surface area contributed by atoms with E-state index in [2.05, 4.69) is 37.9 Å². The number of benzene rings is 1. The lowest BCUT2D eigenvalue weighted by molar-refractivity contribution is -0.135. The SMILES string of the molecule is CC.CC/C=C\Cc1c(C2C(C(=O)N3CCCC3C)c3ccccc3C(=O)N2CCOC)c[nH]c1C. The van der Waals surface area contributed by atoms with E-state index in [0.717, 1.165) is 54.6 Å². The molecule has 0 saturated carbocycles. The molecule has 1 saturated heterocycles. The molecule has 6 nitrogen and oxygen atoms in total. The maximum atomic E-state index is 14.2. The molecule has 6 heteroatoms. The first-order valence-electron chi connectivity index (χ1n) is 13.5. The summed E-state index contributed by atoms with van der Waals surface area (Å²) in [5.74, 6) is -0.369. The number of hydrogen-bond donors (Lipinski definition) is 1. The van der Waals surface area contributed by atoms with E-state index >= 15 is 0 Å². The van der Waals surface area contributed by atoms with Gasteiger partial charge in [-0.05, 0) is 62.3 Å². The van der Waals surface area contributed by atoms with Gasteiger partial charge in [0.2, 0.25) is 5.91 Å². The molecule has 0 radical (unpaired) electrons. The minimum Gasteiger partial charge on any atom is -0.383 e. The van der Waals surface area contributed by atoms with E-state index in [1.165, 1.54) is 0 Å². The van der Waals surface area contributed by atoms with Crippen LogP contribution in [0.25, 0.3) is 0 Å². The first-order chi connectivity index (χ1) is 17.5. The summed E-state index contributed by atoms with van der Waals surface area (Å²) in [7, 11) is 1.65. The van der Waals surface area contributed by atoms with Crippen LogP contribution in [0.15, 0.2) is 42.6 Å². The van der Waals surface area contributed by atoms with Gasteiger partial charge in [-0.2, -0.15) is 0 Å². The Hall–Kier alpha value is -2.86. The predicted octanol–water partition coefficient (Wildman–Crippen LogP) is 5.80. The van der Waals surface area contributed by atoms with Crippen molar-refractivity contribution in [2.45, 2.75) is 78.3 Å². The Morgan fingerprint density at radius 2 is 1.94 bits per heavy atom. The largest absolute Gasteiger partial charge is 0.383 e. The number of carbonyl (C=O) groups is 2. The Morgan fingerprint density at radius 3 is 2.61 bits per heavy atom. The highest BCUT2D eigenvalue weighted by Crippen LogP contribution is 2.45. The highest BCUT2D eigenvalue weighted by atomic mass is 16.5. The van der Waals surface area contributed by atoms with Crippen LogP contribution in [0, 0.1) is 6.92 Å². The average molecular weight is 494 g/mol. The molecule has 36 heavy (non-hydrogen) atoms. The highest BCUT2D eigenvalue weighted by molar-refractivity contribution is 6.01. The number of methoxy groups -OCH3 is 1. The van der Waals surface area contributed by atoms with Gasteiger partial charge in [-0.1, -0.05) is 51.1 Å². The summed E-state index contributed by atoms with van der Waals surface area (Å²) in [4.78, 5) is 35.2. The molecule has 2 aliphatic rings. The highest BCUT2D eigenvalue weighted by Gasteiger charge is 2.47. The average Bonchev–Trinajstić information content (AvgIpc) is 3.49. The van der Waals surface area contributed by atoms with Crippen LogP contribution < -0.4 is 0 Å². The van der Waals surface area contributed by atoms with Crippen LogP contribution in [0.3, 0.4) is 0 Å². The number of carbonyl (C=O) groups excluding carboxylic acids is 2. The zero-order valence-electron chi connectivity index (χ0n) is 22.8. The maximum absolute atomic E-state index is 14.2. The van der Waals surface area contributed by atoms with Crippen molar-refractivity contribution in [1.82, 2.24) is 14.8 Å². The van der Waals surface area contributed by atoms with Gasteiger partial charge in [0.15, 0.2) is 0 Å². The van der Waals surface area contributed by atoms with Crippen LogP contribution in [-0.4, -0.2) is 59.4 Å². The molecule has 2 aliphatic heterocycles.